The maximum absolute atomic E-state index is 4.51. The van der Waals surface area contributed by atoms with Gasteiger partial charge in [0.15, 0.2) is 5.82 Å². The molecule has 1 heterocycles. The van der Waals surface area contributed by atoms with Crippen molar-refractivity contribution in [3.8, 4) is 11.4 Å². The summed E-state index contributed by atoms with van der Waals surface area (Å²) in [6, 6.07) is 8.13. The first kappa shape index (κ1) is 9.39. The second kappa shape index (κ2) is 3.63. The van der Waals surface area contributed by atoms with Crippen LogP contribution in [0.3, 0.4) is 0 Å². The van der Waals surface area contributed by atoms with Gasteiger partial charge in [-0.25, -0.2) is 4.98 Å². The molecule has 0 unspecified atom stereocenters. The van der Waals surface area contributed by atoms with Crippen LogP contribution in [-0.4, -0.2) is 22.2 Å². The number of hydrogen-bond acceptors (Lipinski definition) is 3. The molecule has 1 aromatic heterocycles. The van der Waals surface area contributed by atoms with Gasteiger partial charge in [-0.15, -0.1) is 0 Å². The van der Waals surface area contributed by atoms with Gasteiger partial charge in [0.05, 0.1) is 0 Å². The molecule has 2 aromatic rings. The van der Waals surface area contributed by atoms with Crippen molar-refractivity contribution in [3.63, 3.8) is 0 Å². The molecule has 0 bridgehead atoms. The Hall–Kier alpha value is -1.84. The largest absolute Gasteiger partial charge is 0.388 e. The number of nitrogens with zero attached hydrogens (tertiary/aromatic N) is 2. The third kappa shape index (κ3) is 1.66. The van der Waals surface area contributed by atoms with E-state index >= 15 is 0 Å². The summed E-state index contributed by atoms with van der Waals surface area (Å²) in [5, 5.41) is 10.4. The van der Waals surface area contributed by atoms with E-state index in [-0.39, 0.29) is 0 Å². The van der Waals surface area contributed by atoms with Gasteiger partial charge in [-0.2, -0.15) is 5.10 Å². The minimum absolute atomic E-state index is 0.623. The van der Waals surface area contributed by atoms with E-state index in [0.29, 0.717) is 5.92 Å². The maximum Gasteiger partial charge on any atom is 0.181 e. The molecule has 0 atom stereocenters. The van der Waals surface area contributed by atoms with Crippen molar-refractivity contribution < 1.29 is 0 Å². The van der Waals surface area contributed by atoms with Gasteiger partial charge in [-0.05, 0) is 37.1 Å². The van der Waals surface area contributed by atoms with Gasteiger partial charge < -0.3 is 5.32 Å². The lowest BCUT2D eigenvalue weighted by atomic mass is 10.2. The van der Waals surface area contributed by atoms with Crippen molar-refractivity contribution in [1.82, 2.24) is 15.2 Å². The predicted octanol–water partition coefficient (Wildman–Crippen LogP) is 2.39. The molecule has 82 valence electrons. The number of nitrogens with one attached hydrogen (secondary N) is 2. The van der Waals surface area contributed by atoms with Gasteiger partial charge in [0, 0.05) is 24.2 Å². The molecule has 0 saturated heterocycles. The number of hydrogen-bond donors (Lipinski definition) is 2. The molecule has 0 spiro atoms. The lowest BCUT2D eigenvalue weighted by Gasteiger charge is -1.99. The van der Waals surface area contributed by atoms with Crippen molar-refractivity contribution in [2.24, 2.45) is 0 Å². The summed E-state index contributed by atoms with van der Waals surface area (Å²) in [6.07, 6.45) is 2.49. The molecule has 1 fully saturated rings. The summed E-state index contributed by atoms with van der Waals surface area (Å²) in [6.45, 7) is 0. The Balaban J connectivity index is 1.88. The molecule has 1 aromatic carbocycles. The van der Waals surface area contributed by atoms with E-state index in [9.17, 15) is 0 Å². The molecule has 4 nitrogen and oxygen atoms in total. The zero-order chi connectivity index (χ0) is 11.0. The molecule has 2 N–H and O–H groups in total. The van der Waals surface area contributed by atoms with Crippen molar-refractivity contribution in [3.05, 3.63) is 30.1 Å². The van der Waals surface area contributed by atoms with E-state index in [0.717, 1.165) is 22.9 Å². The van der Waals surface area contributed by atoms with Gasteiger partial charge in [-0.1, -0.05) is 0 Å². The SMILES string of the molecule is CNc1ccc(-c2n[nH]c(C3CC3)n2)cc1. The Morgan fingerprint density at radius 1 is 1.25 bits per heavy atom. The van der Waals surface area contributed by atoms with Crippen LogP contribution in [0.5, 0.6) is 0 Å². The first-order chi connectivity index (χ1) is 7.86. The average Bonchev–Trinajstić information content (AvgIpc) is 3.08. The number of aromatic nitrogens is 3. The van der Waals surface area contributed by atoms with E-state index in [4.69, 9.17) is 0 Å². The van der Waals surface area contributed by atoms with Crippen LogP contribution in [0, 0.1) is 0 Å². The normalized spacial score (nSPS) is 15.1. The number of aromatic amines is 1. The van der Waals surface area contributed by atoms with Gasteiger partial charge in [0.2, 0.25) is 0 Å². The van der Waals surface area contributed by atoms with Gasteiger partial charge in [0.1, 0.15) is 5.82 Å². The quantitative estimate of drug-likeness (QED) is 0.824. The van der Waals surface area contributed by atoms with Crippen LogP contribution in [-0.2, 0) is 0 Å². The fraction of sp³-hybridized carbons (Fsp3) is 0.333. The van der Waals surface area contributed by atoms with Crippen LogP contribution in [0.1, 0.15) is 24.6 Å². The number of rotatable bonds is 3. The Kier molecular flexibility index (Phi) is 2.13. The van der Waals surface area contributed by atoms with Crippen LogP contribution in [0.4, 0.5) is 5.69 Å². The Morgan fingerprint density at radius 2 is 2.00 bits per heavy atom. The molecular formula is C12H14N4. The first-order valence-corrected chi connectivity index (χ1v) is 5.57. The van der Waals surface area contributed by atoms with Gasteiger partial charge in [-0.3, -0.25) is 5.10 Å². The molecule has 1 aliphatic carbocycles. The highest BCUT2D eigenvalue weighted by Crippen LogP contribution is 2.38. The topological polar surface area (TPSA) is 53.6 Å². The van der Waals surface area contributed by atoms with E-state index in [2.05, 4.69) is 20.5 Å². The van der Waals surface area contributed by atoms with Crippen LogP contribution >= 0.6 is 0 Å². The molecule has 16 heavy (non-hydrogen) atoms. The maximum atomic E-state index is 4.51. The first-order valence-electron chi connectivity index (χ1n) is 5.57. The summed E-state index contributed by atoms with van der Waals surface area (Å²) < 4.78 is 0. The fourth-order valence-corrected chi connectivity index (χ4v) is 1.73. The Labute approximate surface area is 94.1 Å². The zero-order valence-corrected chi connectivity index (χ0v) is 9.20. The molecule has 0 amide bonds. The van der Waals surface area contributed by atoms with Crippen molar-refractivity contribution in [1.29, 1.82) is 0 Å². The molecule has 0 radical (unpaired) electrons. The second-order valence-electron chi connectivity index (χ2n) is 4.15. The molecular weight excluding hydrogens is 200 g/mol. The van der Waals surface area contributed by atoms with Crippen molar-refractivity contribution in [2.45, 2.75) is 18.8 Å². The van der Waals surface area contributed by atoms with E-state index in [1.165, 1.54) is 12.8 Å². The van der Waals surface area contributed by atoms with Crippen molar-refractivity contribution >= 4 is 5.69 Å². The highest BCUT2D eigenvalue weighted by molar-refractivity contribution is 5.59. The van der Waals surface area contributed by atoms with Crippen LogP contribution in [0.15, 0.2) is 24.3 Å². The fourth-order valence-electron chi connectivity index (χ4n) is 1.73. The highest BCUT2D eigenvalue weighted by Gasteiger charge is 2.27. The van der Waals surface area contributed by atoms with Crippen LogP contribution in [0.2, 0.25) is 0 Å². The summed E-state index contributed by atoms with van der Waals surface area (Å²) in [5.74, 6) is 2.45. The van der Waals surface area contributed by atoms with Crippen LogP contribution in [0.25, 0.3) is 11.4 Å². The van der Waals surface area contributed by atoms with E-state index in [1.807, 2.05) is 31.3 Å². The predicted molar refractivity (Wildman–Crippen MR) is 63.3 cm³/mol. The zero-order valence-electron chi connectivity index (χ0n) is 9.20. The lowest BCUT2D eigenvalue weighted by Crippen LogP contribution is -1.87. The van der Waals surface area contributed by atoms with Gasteiger partial charge >= 0.3 is 0 Å². The minimum atomic E-state index is 0.623. The molecule has 3 rings (SSSR count). The monoisotopic (exact) mass is 214 g/mol. The van der Waals surface area contributed by atoms with E-state index in [1.54, 1.807) is 0 Å². The summed E-state index contributed by atoms with van der Waals surface area (Å²) in [4.78, 5) is 4.51. The summed E-state index contributed by atoms with van der Waals surface area (Å²) in [5.41, 5.74) is 2.16. The highest BCUT2D eigenvalue weighted by atomic mass is 15.2. The molecule has 0 aliphatic heterocycles. The standard InChI is InChI=1S/C12H14N4/c1-13-10-6-4-9(5-7-10)12-14-11(15-16-12)8-2-3-8/h4-8,13H,2-3H2,1H3,(H,14,15,16). The Bertz CT molecular complexity index is 482. The molecule has 1 aliphatic rings. The Morgan fingerprint density at radius 3 is 2.62 bits per heavy atom. The van der Waals surface area contributed by atoms with E-state index < -0.39 is 0 Å². The number of H-pyrrole nitrogens is 1. The molecule has 4 heteroatoms. The van der Waals surface area contributed by atoms with Crippen LogP contribution < -0.4 is 5.32 Å². The third-order valence-electron chi connectivity index (χ3n) is 2.90. The average molecular weight is 214 g/mol. The second-order valence-corrected chi connectivity index (χ2v) is 4.15. The number of anilines is 1. The summed E-state index contributed by atoms with van der Waals surface area (Å²) in [7, 11) is 1.91. The summed E-state index contributed by atoms with van der Waals surface area (Å²) >= 11 is 0. The third-order valence-corrected chi connectivity index (χ3v) is 2.90. The smallest absolute Gasteiger partial charge is 0.181 e. The number of benzene rings is 1. The minimum Gasteiger partial charge on any atom is -0.388 e. The lowest BCUT2D eigenvalue weighted by molar-refractivity contribution is 0.935. The van der Waals surface area contributed by atoms with Gasteiger partial charge in [0.25, 0.3) is 0 Å². The van der Waals surface area contributed by atoms with Crippen molar-refractivity contribution in [2.75, 3.05) is 12.4 Å². The molecule has 1 saturated carbocycles.